The molecule has 0 amide bonds. The molecule has 8 heteroatoms. The topological polar surface area (TPSA) is 75.5 Å². The van der Waals surface area contributed by atoms with E-state index in [4.69, 9.17) is 25.8 Å². The third-order valence-corrected chi connectivity index (χ3v) is 4.45. The van der Waals surface area contributed by atoms with Crippen LogP contribution in [-0.4, -0.2) is 34.2 Å². The third-order valence-electron chi connectivity index (χ3n) is 4.17. The van der Waals surface area contributed by atoms with Gasteiger partial charge in [-0.1, -0.05) is 47.1 Å². The molecule has 3 aromatic rings. The van der Waals surface area contributed by atoms with Gasteiger partial charge in [0, 0.05) is 6.08 Å². The summed E-state index contributed by atoms with van der Waals surface area (Å²) in [6.07, 6.45) is 4.64. The molecule has 0 N–H and O–H groups in total. The van der Waals surface area contributed by atoms with Crippen LogP contribution in [0, 0.1) is 0 Å². The van der Waals surface area contributed by atoms with Crippen molar-refractivity contribution in [1.29, 1.82) is 0 Å². The normalized spacial score (nSPS) is 12.9. The molecule has 1 aliphatic heterocycles. The molecule has 0 atom stereocenters. The van der Waals surface area contributed by atoms with Gasteiger partial charge >= 0.3 is 5.97 Å². The summed E-state index contributed by atoms with van der Waals surface area (Å²) < 4.78 is 18.0. The number of carbonyl (C=O) groups is 1. The quantitative estimate of drug-likeness (QED) is 0.456. The Hall–Kier alpha value is -3.32. The van der Waals surface area contributed by atoms with E-state index < -0.39 is 5.97 Å². The fourth-order valence-electron chi connectivity index (χ4n) is 2.84. The molecule has 0 unspecified atom stereocenters. The SMILES string of the molecule is O=C(C=Cc1cn(Cc2ccccc2)nn1)OCc1cc(Cl)c2c(c1)OCCO2. The maximum absolute atomic E-state index is 12.0. The van der Waals surface area contributed by atoms with Gasteiger partial charge in [0.15, 0.2) is 11.5 Å². The molecule has 7 nitrogen and oxygen atoms in total. The zero-order valence-corrected chi connectivity index (χ0v) is 16.2. The first-order valence-corrected chi connectivity index (χ1v) is 9.42. The number of hydrogen-bond donors (Lipinski definition) is 0. The van der Waals surface area contributed by atoms with Crippen molar-refractivity contribution in [2.75, 3.05) is 13.2 Å². The van der Waals surface area contributed by atoms with Gasteiger partial charge in [0.1, 0.15) is 25.5 Å². The predicted octanol–water partition coefficient (Wildman–Crippen LogP) is 3.51. The lowest BCUT2D eigenvalue weighted by atomic mass is 10.2. The van der Waals surface area contributed by atoms with Gasteiger partial charge in [0.2, 0.25) is 0 Å². The van der Waals surface area contributed by atoms with E-state index in [-0.39, 0.29) is 6.61 Å². The molecule has 0 bridgehead atoms. The molecule has 0 saturated heterocycles. The van der Waals surface area contributed by atoms with Gasteiger partial charge in [-0.15, -0.1) is 5.10 Å². The molecule has 2 aromatic carbocycles. The maximum atomic E-state index is 12.0. The highest BCUT2D eigenvalue weighted by Crippen LogP contribution is 2.38. The van der Waals surface area contributed by atoms with E-state index >= 15 is 0 Å². The number of benzene rings is 2. The second kappa shape index (κ2) is 8.79. The highest BCUT2D eigenvalue weighted by Gasteiger charge is 2.17. The number of carbonyl (C=O) groups excluding carboxylic acids is 1. The molecule has 0 saturated carbocycles. The molecule has 2 heterocycles. The molecule has 0 radical (unpaired) electrons. The van der Waals surface area contributed by atoms with E-state index in [0.717, 1.165) is 11.1 Å². The summed E-state index contributed by atoms with van der Waals surface area (Å²) in [5.74, 6) is 0.584. The van der Waals surface area contributed by atoms with Gasteiger partial charge in [-0.2, -0.15) is 0 Å². The van der Waals surface area contributed by atoms with Crippen LogP contribution >= 0.6 is 11.6 Å². The van der Waals surface area contributed by atoms with E-state index in [1.807, 2.05) is 30.3 Å². The van der Waals surface area contributed by atoms with Crippen LogP contribution in [0.1, 0.15) is 16.8 Å². The summed E-state index contributed by atoms with van der Waals surface area (Å²) in [5, 5.41) is 8.52. The number of esters is 1. The molecule has 29 heavy (non-hydrogen) atoms. The highest BCUT2D eigenvalue weighted by atomic mass is 35.5. The number of halogens is 1. The lowest BCUT2D eigenvalue weighted by molar-refractivity contribution is -0.138. The molecule has 1 aliphatic rings. The van der Waals surface area contributed by atoms with Crippen LogP contribution in [0.3, 0.4) is 0 Å². The van der Waals surface area contributed by atoms with Crippen molar-refractivity contribution < 1.29 is 19.0 Å². The number of aromatic nitrogens is 3. The smallest absolute Gasteiger partial charge is 0.331 e. The van der Waals surface area contributed by atoms with Crippen LogP contribution in [-0.2, 0) is 22.7 Å². The van der Waals surface area contributed by atoms with E-state index in [1.54, 1.807) is 29.1 Å². The van der Waals surface area contributed by atoms with Gasteiger partial charge in [-0.3, -0.25) is 0 Å². The summed E-state index contributed by atoms with van der Waals surface area (Å²) in [6.45, 7) is 1.60. The maximum Gasteiger partial charge on any atom is 0.331 e. The van der Waals surface area contributed by atoms with Crippen LogP contribution in [0.5, 0.6) is 11.5 Å². The van der Waals surface area contributed by atoms with E-state index in [9.17, 15) is 4.79 Å². The minimum absolute atomic E-state index is 0.0697. The Balaban J connectivity index is 1.32. The molecule has 148 valence electrons. The van der Waals surface area contributed by atoms with Gasteiger partial charge in [-0.05, 0) is 29.3 Å². The Morgan fingerprint density at radius 1 is 1.17 bits per heavy atom. The van der Waals surface area contributed by atoms with Gasteiger partial charge in [0.05, 0.1) is 17.8 Å². The third kappa shape index (κ3) is 4.94. The second-order valence-electron chi connectivity index (χ2n) is 6.37. The summed E-state index contributed by atoms with van der Waals surface area (Å²) in [6, 6.07) is 13.4. The first-order chi connectivity index (χ1) is 14.2. The molecule has 0 fully saturated rings. The average molecular weight is 412 g/mol. The Kier molecular flexibility index (Phi) is 5.76. The average Bonchev–Trinajstić information content (AvgIpc) is 3.19. The van der Waals surface area contributed by atoms with Gasteiger partial charge in [0.25, 0.3) is 0 Å². The number of ether oxygens (including phenoxy) is 3. The van der Waals surface area contributed by atoms with Gasteiger partial charge < -0.3 is 14.2 Å². The van der Waals surface area contributed by atoms with Crippen molar-refractivity contribution in [3.63, 3.8) is 0 Å². The zero-order valence-electron chi connectivity index (χ0n) is 15.5. The van der Waals surface area contributed by atoms with Gasteiger partial charge in [-0.25, -0.2) is 9.48 Å². The van der Waals surface area contributed by atoms with Crippen molar-refractivity contribution in [1.82, 2.24) is 15.0 Å². The van der Waals surface area contributed by atoms with Crippen LogP contribution in [0.2, 0.25) is 5.02 Å². The minimum Gasteiger partial charge on any atom is -0.486 e. The number of fused-ring (bicyclic) bond motifs is 1. The fraction of sp³-hybridized carbons (Fsp3) is 0.190. The Morgan fingerprint density at radius 3 is 2.86 bits per heavy atom. The van der Waals surface area contributed by atoms with Crippen LogP contribution in [0.15, 0.2) is 54.7 Å². The van der Waals surface area contributed by atoms with Crippen LogP contribution in [0.25, 0.3) is 6.08 Å². The highest BCUT2D eigenvalue weighted by molar-refractivity contribution is 6.32. The summed E-state index contributed by atoms with van der Waals surface area (Å²) in [4.78, 5) is 12.0. The first kappa shape index (κ1) is 19.0. The number of nitrogens with zero attached hydrogens (tertiary/aromatic N) is 3. The minimum atomic E-state index is -0.492. The lowest BCUT2D eigenvalue weighted by Crippen LogP contribution is -2.16. The monoisotopic (exact) mass is 411 g/mol. The van der Waals surface area contributed by atoms with E-state index in [2.05, 4.69) is 10.3 Å². The Morgan fingerprint density at radius 2 is 2.00 bits per heavy atom. The largest absolute Gasteiger partial charge is 0.486 e. The molecular weight excluding hydrogens is 394 g/mol. The standard InChI is InChI=1S/C21H18ClN3O4/c22-18-10-16(11-19-21(18)28-9-8-27-19)14-29-20(26)7-6-17-13-25(24-23-17)12-15-4-2-1-3-5-15/h1-7,10-11,13H,8-9,12,14H2. The fourth-order valence-corrected chi connectivity index (χ4v) is 3.13. The molecule has 1 aromatic heterocycles. The Labute approximate surface area is 172 Å². The predicted molar refractivity (Wildman–Crippen MR) is 107 cm³/mol. The Bertz CT molecular complexity index is 1030. The molecular formula is C21H18ClN3O4. The van der Waals surface area contributed by atoms with Crippen LogP contribution < -0.4 is 9.47 Å². The molecule has 0 aliphatic carbocycles. The van der Waals surface area contributed by atoms with Crippen molar-refractivity contribution in [3.8, 4) is 11.5 Å². The zero-order chi connectivity index (χ0) is 20.1. The van der Waals surface area contributed by atoms with Crippen molar-refractivity contribution in [2.45, 2.75) is 13.2 Å². The summed E-state index contributed by atoms with van der Waals surface area (Å²) in [7, 11) is 0. The number of rotatable bonds is 6. The summed E-state index contributed by atoms with van der Waals surface area (Å²) >= 11 is 6.19. The van der Waals surface area contributed by atoms with E-state index in [0.29, 0.717) is 42.0 Å². The number of hydrogen-bond acceptors (Lipinski definition) is 6. The second-order valence-corrected chi connectivity index (χ2v) is 6.78. The summed E-state index contributed by atoms with van der Waals surface area (Å²) in [5.41, 5.74) is 2.40. The van der Waals surface area contributed by atoms with Crippen molar-refractivity contribution in [3.05, 3.63) is 76.6 Å². The van der Waals surface area contributed by atoms with Crippen molar-refractivity contribution >= 4 is 23.6 Å². The van der Waals surface area contributed by atoms with Crippen molar-refractivity contribution in [2.24, 2.45) is 0 Å². The molecule has 4 rings (SSSR count). The van der Waals surface area contributed by atoms with Crippen LogP contribution in [0.4, 0.5) is 0 Å². The van der Waals surface area contributed by atoms with E-state index in [1.165, 1.54) is 6.08 Å². The molecule has 0 spiro atoms. The first-order valence-electron chi connectivity index (χ1n) is 9.04. The lowest BCUT2D eigenvalue weighted by Gasteiger charge is -2.20.